The molecule has 0 aliphatic carbocycles. The second-order valence-electron chi connectivity index (χ2n) is 6.62. The number of hydrogen-bond donors (Lipinski definition) is 3. The number of hydrogen-bond acceptors (Lipinski definition) is 3. The molecule has 0 saturated heterocycles. The number of nitrogens with zero attached hydrogens (tertiary/aromatic N) is 2. The van der Waals surface area contributed by atoms with E-state index in [1.54, 1.807) is 0 Å². The first-order valence-electron chi connectivity index (χ1n) is 10.3. The van der Waals surface area contributed by atoms with E-state index in [9.17, 15) is 0 Å². The summed E-state index contributed by atoms with van der Waals surface area (Å²) in [5.41, 5.74) is 1.17. The monoisotopic (exact) mass is 361 g/mol. The molecule has 1 aromatic rings. The van der Waals surface area contributed by atoms with Crippen LogP contribution in [0.25, 0.3) is 0 Å². The van der Waals surface area contributed by atoms with Crippen molar-refractivity contribution in [1.82, 2.24) is 15.5 Å². The average Bonchev–Trinajstić information content (AvgIpc) is 2.66. The number of benzene rings is 1. The molecule has 0 spiro atoms. The van der Waals surface area contributed by atoms with E-state index in [1.165, 1.54) is 18.7 Å². The van der Waals surface area contributed by atoms with Crippen LogP contribution in [0.4, 0.5) is 5.69 Å². The third kappa shape index (κ3) is 10.3. The smallest absolute Gasteiger partial charge is 0.191 e. The van der Waals surface area contributed by atoms with Gasteiger partial charge in [-0.15, -0.1) is 0 Å². The zero-order valence-electron chi connectivity index (χ0n) is 17.2. The molecule has 0 aromatic heterocycles. The van der Waals surface area contributed by atoms with Gasteiger partial charge >= 0.3 is 0 Å². The number of anilines is 1. The molecule has 0 heterocycles. The van der Waals surface area contributed by atoms with E-state index >= 15 is 0 Å². The van der Waals surface area contributed by atoms with Crippen molar-refractivity contribution in [2.45, 2.75) is 53.0 Å². The van der Waals surface area contributed by atoms with Crippen LogP contribution in [-0.2, 0) is 0 Å². The summed E-state index contributed by atoms with van der Waals surface area (Å²) in [6.45, 7) is 14.9. The number of guanidine groups is 1. The van der Waals surface area contributed by atoms with Gasteiger partial charge in [-0.25, -0.2) is 0 Å². The van der Waals surface area contributed by atoms with Gasteiger partial charge in [0.15, 0.2) is 5.96 Å². The van der Waals surface area contributed by atoms with E-state index in [-0.39, 0.29) is 0 Å². The van der Waals surface area contributed by atoms with Gasteiger partial charge in [0.05, 0.1) is 0 Å². The Hall–Kier alpha value is -1.75. The van der Waals surface area contributed by atoms with Crippen molar-refractivity contribution < 1.29 is 0 Å². The lowest BCUT2D eigenvalue weighted by Gasteiger charge is -2.21. The molecule has 0 fully saturated rings. The molecule has 0 aliphatic heterocycles. The highest BCUT2D eigenvalue weighted by Gasteiger charge is 2.06. The minimum atomic E-state index is 0.436. The van der Waals surface area contributed by atoms with Crippen LogP contribution < -0.4 is 16.0 Å². The molecule has 1 unspecified atom stereocenters. The maximum absolute atomic E-state index is 4.70. The zero-order chi connectivity index (χ0) is 19.0. The van der Waals surface area contributed by atoms with Gasteiger partial charge in [0, 0.05) is 31.4 Å². The molecule has 0 aliphatic rings. The molecule has 1 aromatic carbocycles. The van der Waals surface area contributed by atoms with Crippen molar-refractivity contribution in [3.05, 3.63) is 30.3 Å². The van der Waals surface area contributed by atoms with Gasteiger partial charge in [-0.05, 0) is 64.9 Å². The van der Waals surface area contributed by atoms with Gasteiger partial charge < -0.3 is 20.9 Å². The summed E-state index contributed by atoms with van der Waals surface area (Å²) in [4.78, 5) is 7.18. The van der Waals surface area contributed by atoms with Crippen molar-refractivity contribution in [1.29, 1.82) is 0 Å². The summed E-state index contributed by atoms with van der Waals surface area (Å²) in [5, 5.41) is 10.3. The van der Waals surface area contributed by atoms with Gasteiger partial charge in [0.1, 0.15) is 0 Å². The van der Waals surface area contributed by atoms with Gasteiger partial charge in [-0.2, -0.15) is 0 Å². The lowest BCUT2D eigenvalue weighted by atomic mass is 10.2. The van der Waals surface area contributed by atoms with E-state index in [0.717, 1.165) is 51.5 Å². The molecule has 26 heavy (non-hydrogen) atoms. The quantitative estimate of drug-likeness (QED) is 0.286. The maximum atomic E-state index is 4.70. The standard InChI is InChI=1S/C21H39N5/c1-5-22-21(25-19(4)13-11-18-26(6-2)7-3)24-17-12-16-23-20-14-9-8-10-15-20/h8-10,14-15,19,23H,5-7,11-13,16-18H2,1-4H3,(H2,22,24,25). The molecule has 1 atom stereocenters. The maximum Gasteiger partial charge on any atom is 0.191 e. The van der Waals surface area contributed by atoms with Crippen LogP contribution in [0.3, 0.4) is 0 Å². The molecular weight excluding hydrogens is 322 g/mol. The fourth-order valence-electron chi connectivity index (χ4n) is 2.85. The number of para-hydroxylation sites is 1. The van der Waals surface area contributed by atoms with Crippen LogP contribution in [-0.4, -0.2) is 56.2 Å². The SMILES string of the molecule is CCNC(=NCCCNc1ccccc1)NC(C)CCCN(CC)CC. The third-order valence-corrected chi connectivity index (χ3v) is 4.44. The van der Waals surface area contributed by atoms with Crippen molar-refractivity contribution >= 4 is 11.6 Å². The summed E-state index contributed by atoms with van der Waals surface area (Å²) in [5.74, 6) is 0.933. The van der Waals surface area contributed by atoms with E-state index in [2.05, 4.69) is 72.8 Å². The molecule has 5 nitrogen and oxygen atoms in total. The van der Waals surface area contributed by atoms with Gasteiger partial charge in [0.2, 0.25) is 0 Å². The Balaban J connectivity index is 2.26. The van der Waals surface area contributed by atoms with Crippen molar-refractivity contribution in [3.8, 4) is 0 Å². The van der Waals surface area contributed by atoms with Crippen molar-refractivity contribution in [2.24, 2.45) is 4.99 Å². The fourth-order valence-corrected chi connectivity index (χ4v) is 2.85. The Morgan fingerprint density at radius 1 is 1.08 bits per heavy atom. The molecule has 1 rings (SSSR count). The van der Waals surface area contributed by atoms with Crippen LogP contribution in [0, 0.1) is 0 Å². The Kier molecular flexibility index (Phi) is 12.4. The molecule has 0 radical (unpaired) electrons. The molecule has 0 saturated carbocycles. The van der Waals surface area contributed by atoms with Crippen LogP contribution in [0.2, 0.25) is 0 Å². The normalized spacial score (nSPS) is 12.9. The summed E-state index contributed by atoms with van der Waals surface area (Å²) in [6, 6.07) is 10.8. The zero-order valence-corrected chi connectivity index (χ0v) is 17.2. The summed E-state index contributed by atoms with van der Waals surface area (Å²) in [7, 11) is 0. The Morgan fingerprint density at radius 3 is 2.46 bits per heavy atom. The number of rotatable bonds is 13. The summed E-state index contributed by atoms with van der Waals surface area (Å²) >= 11 is 0. The second kappa shape index (κ2) is 14.4. The minimum Gasteiger partial charge on any atom is -0.385 e. The van der Waals surface area contributed by atoms with Crippen molar-refractivity contribution in [2.75, 3.05) is 44.6 Å². The molecule has 5 heteroatoms. The van der Waals surface area contributed by atoms with Gasteiger partial charge in [-0.3, -0.25) is 4.99 Å². The fraction of sp³-hybridized carbons (Fsp3) is 0.667. The van der Waals surface area contributed by atoms with Gasteiger partial charge in [0.25, 0.3) is 0 Å². The van der Waals surface area contributed by atoms with E-state index in [4.69, 9.17) is 4.99 Å². The van der Waals surface area contributed by atoms with E-state index in [0.29, 0.717) is 6.04 Å². The lowest BCUT2D eigenvalue weighted by Crippen LogP contribution is -2.42. The first-order chi connectivity index (χ1) is 12.7. The lowest BCUT2D eigenvalue weighted by molar-refractivity contribution is 0.292. The number of aliphatic imine (C=N–C) groups is 1. The second-order valence-corrected chi connectivity index (χ2v) is 6.62. The van der Waals surface area contributed by atoms with Gasteiger partial charge in [-0.1, -0.05) is 32.0 Å². The van der Waals surface area contributed by atoms with Crippen LogP contribution >= 0.6 is 0 Å². The van der Waals surface area contributed by atoms with Crippen LogP contribution in [0.5, 0.6) is 0 Å². The van der Waals surface area contributed by atoms with E-state index in [1.807, 2.05) is 6.07 Å². The molecule has 148 valence electrons. The molecule has 0 amide bonds. The highest BCUT2D eigenvalue weighted by molar-refractivity contribution is 5.80. The van der Waals surface area contributed by atoms with E-state index < -0.39 is 0 Å². The number of nitrogens with one attached hydrogen (secondary N) is 3. The first-order valence-corrected chi connectivity index (χ1v) is 10.3. The van der Waals surface area contributed by atoms with Crippen LogP contribution in [0.1, 0.15) is 47.0 Å². The van der Waals surface area contributed by atoms with Crippen molar-refractivity contribution in [3.63, 3.8) is 0 Å². The largest absolute Gasteiger partial charge is 0.385 e. The summed E-state index contributed by atoms with van der Waals surface area (Å²) in [6.07, 6.45) is 3.40. The molecule has 0 bridgehead atoms. The topological polar surface area (TPSA) is 51.7 Å². The highest BCUT2D eigenvalue weighted by atomic mass is 15.2. The van der Waals surface area contributed by atoms with Crippen LogP contribution in [0.15, 0.2) is 35.3 Å². The summed E-state index contributed by atoms with van der Waals surface area (Å²) < 4.78 is 0. The predicted molar refractivity (Wildman–Crippen MR) is 115 cm³/mol. The predicted octanol–water partition coefficient (Wildman–Crippen LogP) is 3.55. The minimum absolute atomic E-state index is 0.436. The Morgan fingerprint density at radius 2 is 1.81 bits per heavy atom. The Labute approximate surface area is 160 Å². The Bertz CT molecular complexity index is 471. The first kappa shape index (κ1) is 22.3. The molecular formula is C21H39N5. The third-order valence-electron chi connectivity index (χ3n) is 4.44. The highest BCUT2D eigenvalue weighted by Crippen LogP contribution is 2.04. The average molecular weight is 362 g/mol. The molecule has 3 N–H and O–H groups in total.